The molecule has 29 heavy (non-hydrogen) atoms. The van der Waals surface area contributed by atoms with Gasteiger partial charge in [-0.25, -0.2) is 0 Å². The number of fused-ring (bicyclic) bond motifs is 1. The lowest BCUT2D eigenvalue weighted by molar-refractivity contribution is 0.468. The van der Waals surface area contributed by atoms with E-state index >= 15 is 0 Å². The third-order valence-corrected chi connectivity index (χ3v) is 5.19. The number of para-hydroxylation sites is 1. The van der Waals surface area contributed by atoms with Crippen LogP contribution in [0.15, 0.2) is 105 Å². The molecule has 0 unspecified atom stereocenters. The maximum atomic E-state index is 5.89. The molecular formula is C22H15N5OS. The highest BCUT2D eigenvalue weighted by atomic mass is 32.2. The lowest BCUT2D eigenvalue weighted by Gasteiger charge is -2.02. The highest BCUT2D eigenvalue weighted by molar-refractivity contribution is 7.99. The van der Waals surface area contributed by atoms with E-state index in [-0.39, 0.29) is 0 Å². The first-order valence-electron chi connectivity index (χ1n) is 9.00. The number of hydrogen-bond acceptors (Lipinski definition) is 6. The van der Waals surface area contributed by atoms with Crippen molar-refractivity contribution in [3.05, 3.63) is 90.7 Å². The van der Waals surface area contributed by atoms with Gasteiger partial charge in [0.2, 0.25) is 5.16 Å². The van der Waals surface area contributed by atoms with Crippen LogP contribution >= 0.6 is 11.8 Å². The molecule has 5 rings (SSSR count). The van der Waals surface area contributed by atoms with E-state index in [0.29, 0.717) is 16.0 Å². The third-order valence-electron chi connectivity index (χ3n) is 4.33. The van der Waals surface area contributed by atoms with Gasteiger partial charge in [-0.15, -0.1) is 5.10 Å². The summed E-state index contributed by atoms with van der Waals surface area (Å²) < 4.78 is 7.56. The minimum Gasteiger partial charge on any atom is -0.448 e. The predicted octanol–water partition coefficient (Wildman–Crippen LogP) is 5.31. The van der Waals surface area contributed by atoms with Crippen LogP contribution in [0.1, 0.15) is 5.76 Å². The summed E-state index contributed by atoms with van der Waals surface area (Å²) in [6.07, 6.45) is 1.73. The van der Waals surface area contributed by atoms with Crippen LogP contribution in [0.3, 0.4) is 0 Å². The van der Waals surface area contributed by atoms with E-state index in [1.165, 1.54) is 11.8 Å². The number of furan rings is 1. The molecule has 0 saturated carbocycles. The van der Waals surface area contributed by atoms with Gasteiger partial charge in [-0.2, -0.15) is 4.68 Å². The molecule has 0 radical (unpaired) electrons. The minimum absolute atomic E-state index is 0.628. The minimum atomic E-state index is 0.628. The van der Waals surface area contributed by atoms with Crippen LogP contribution in [0.5, 0.6) is 0 Å². The largest absolute Gasteiger partial charge is 0.448 e. The molecular weight excluding hydrogens is 382 g/mol. The Hall–Kier alpha value is -3.71. The van der Waals surface area contributed by atoms with Crippen LogP contribution in [0, 0.1) is 0 Å². The highest BCUT2D eigenvalue weighted by Gasteiger charge is 2.12. The Labute approximate surface area is 170 Å². The Morgan fingerprint density at radius 3 is 2.62 bits per heavy atom. The van der Waals surface area contributed by atoms with Crippen LogP contribution in [-0.2, 0) is 0 Å². The molecule has 6 nitrogen and oxygen atoms in total. The standard InChI is InChI=1S/C22H15N5OS/c1-2-9-17(10-3-1)27-22(24-25-26-27)29-21-14-13-18(28-21)15-23-20-12-6-8-16-7-4-5-11-19(16)20/h1-15H. The Kier molecular flexibility index (Phi) is 4.63. The fourth-order valence-electron chi connectivity index (χ4n) is 2.98. The molecule has 2 aromatic heterocycles. The van der Waals surface area contributed by atoms with Gasteiger partial charge in [0.05, 0.1) is 17.6 Å². The number of aromatic nitrogens is 4. The summed E-state index contributed by atoms with van der Waals surface area (Å²) in [6.45, 7) is 0. The topological polar surface area (TPSA) is 69.1 Å². The maximum absolute atomic E-state index is 5.89. The molecule has 0 fully saturated rings. The van der Waals surface area contributed by atoms with Gasteiger partial charge >= 0.3 is 0 Å². The number of aliphatic imine (C=N–C) groups is 1. The third kappa shape index (κ3) is 3.68. The van der Waals surface area contributed by atoms with E-state index in [0.717, 1.165) is 22.1 Å². The van der Waals surface area contributed by atoms with Crippen molar-refractivity contribution in [2.24, 2.45) is 4.99 Å². The van der Waals surface area contributed by atoms with Crippen molar-refractivity contribution in [2.75, 3.05) is 0 Å². The number of nitrogens with zero attached hydrogens (tertiary/aromatic N) is 5. The summed E-state index contributed by atoms with van der Waals surface area (Å²) in [5.74, 6) is 0.666. The second kappa shape index (κ2) is 7.73. The first-order chi connectivity index (χ1) is 14.4. The Balaban J connectivity index is 1.37. The average Bonchev–Trinajstić information content (AvgIpc) is 3.42. The van der Waals surface area contributed by atoms with Gasteiger partial charge in [0.15, 0.2) is 5.09 Å². The van der Waals surface area contributed by atoms with E-state index in [2.05, 4.69) is 38.7 Å². The Bertz CT molecular complexity index is 1290. The molecule has 0 aliphatic carbocycles. The van der Waals surface area contributed by atoms with Crippen LogP contribution in [0.4, 0.5) is 5.69 Å². The summed E-state index contributed by atoms with van der Waals surface area (Å²) in [5, 5.41) is 15.5. The van der Waals surface area contributed by atoms with Gasteiger partial charge in [0, 0.05) is 5.39 Å². The van der Waals surface area contributed by atoms with Crippen molar-refractivity contribution in [1.29, 1.82) is 0 Å². The van der Waals surface area contributed by atoms with E-state index in [1.54, 1.807) is 10.9 Å². The second-order valence-electron chi connectivity index (χ2n) is 6.22. The molecule has 0 bridgehead atoms. The van der Waals surface area contributed by atoms with Crippen molar-refractivity contribution in [3.63, 3.8) is 0 Å². The van der Waals surface area contributed by atoms with E-state index in [9.17, 15) is 0 Å². The monoisotopic (exact) mass is 397 g/mol. The summed E-state index contributed by atoms with van der Waals surface area (Å²) in [7, 11) is 0. The second-order valence-corrected chi connectivity index (χ2v) is 7.20. The smallest absolute Gasteiger partial charge is 0.221 e. The summed E-state index contributed by atoms with van der Waals surface area (Å²) in [5.41, 5.74) is 1.80. The van der Waals surface area contributed by atoms with Crippen molar-refractivity contribution >= 4 is 34.4 Å². The first-order valence-corrected chi connectivity index (χ1v) is 9.82. The van der Waals surface area contributed by atoms with Crippen LogP contribution in [0.2, 0.25) is 0 Å². The normalized spacial score (nSPS) is 11.4. The SMILES string of the molecule is C(=Nc1cccc2ccccc12)c1ccc(Sc2nnnn2-c2ccccc2)o1. The summed E-state index contributed by atoms with van der Waals surface area (Å²) in [4.78, 5) is 4.61. The molecule has 7 heteroatoms. The van der Waals surface area contributed by atoms with E-state index < -0.39 is 0 Å². The van der Waals surface area contributed by atoms with E-state index in [1.807, 2.05) is 66.7 Å². The lowest BCUT2D eigenvalue weighted by atomic mass is 10.1. The van der Waals surface area contributed by atoms with Crippen LogP contribution in [-0.4, -0.2) is 26.4 Å². The fraction of sp³-hybridized carbons (Fsp3) is 0. The van der Waals surface area contributed by atoms with Crippen molar-refractivity contribution < 1.29 is 4.42 Å². The van der Waals surface area contributed by atoms with Gasteiger partial charge in [-0.05, 0) is 57.9 Å². The molecule has 3 aromatic carbocycles. The molecule has 0 aliphatic rings. The zero-order valence-electron chi connectivity index (χ0n) is 15.2. The Morgan fingerprint density at radius 1 is 0.862 bits per heavy atom. The number of benzene rings is 3. The quantitative estimate of drug-likeness (QED) is 0.376. The molecule has 2 heterocycles. The fourth-order valence-corrected chi connectivity index (χ4v) is 3.74. The Morgan fingerprint density at radius 2 is 1.69 bits per heavy atom. The molecule has 0 amide bonds. The molecule has 0 saturated heterocycles. The zero-order valence-corrected chi connectivity index (χ0v) is 16.0. The lowest BCUT2D eigenvalue weighted by Crippen LogP contribution is -1.97. The zero-order chi connectivity index (χ0) is 19.5. The van der Waals surface area contributed by atoms with Crippen LogP contribution < -0.4 is 0 Å². The van der Waals surface area contributed by atoms with Crippen molar-refractivity contribution in [3.8, 4) is 5.69 Å². The van der Waals surface area contributed by atoms with Gasteiger partial charge in [0.1, 0.15) is 5.76 Å². The number of hydrogen-bond donors (Lipinski definition) is 0. The average molecular weight is 397 g/mol. The van der Waals surface area contributed by atoms with Crippen molar-refractivity contribution in [1.82, 2.24) is 20.2 Å². The molecule has 5 aromatic rings. The van der Waals surface area contributed by atoms with Gasteiger partial charge in [-0.3, -0.25) is 4.99 Å². The maximum Gasteiger partial charge on any atom is 0.221 e. The number of rotatable bonds is 5. The van der Waals surface area contributed by atoms with Crippen LogP contribution in [0.25, 0.3) is 16.5 Å². The van der Waals surface area contributed by atoms with Gasteiger partial charge in [0.25, 0.3) is 0 Å². The van der Waals surface area contributed by atoms with Gasteiger partial charge < -0.3 is 4.42 Å². The first kappa shape index (κ1) is 17.4. The molecule has 0 aliphatic heterocycles. The highest BCUT2D eigenvalue weighted by Crippen LogP contribution is 2.29. The summed E-state index contributed by atoms with van der Waals surface area (Å²) >= 11 is 1.36. The van der Waals surface area contributed by atoms with Crippen molar-refractivity contribution in [2.45, 2.75) is 10.2 Å². The molecule has 0 N–H and O–H groups in total. The molecule has 140 valence electrons. The van der Waals surface area contributed by atoms with E-state index in [4.69, 9.17) is 4.42 Å². The number of tetrazole rings is 1. The van der Waals surface area contributed by atoms with Gasteiger partial charge in [-0.1, -0.05) is 54.6 Å². The molecule has 0 spiro atoms. The molecule has 0 atom stereocenters. The summed E-state index contributed by atoms with van der Waals surface area (Å²) in [6, 6.07) is 27.8. The predicted molar refractivity (Wildman–Crippen MR) is 113 cm³/mol.